The number of Topliss-reactive ketones (excluding diaryl/α,β-unsaturated/α-hetero) is 1. The van der Waals surface area contributed by atoms with Crippen molar-refractivity contribution < 1.29 is 19.4 Å². The molecule has 2 unspecified atom stereocenters. The smallest absolute Gasteiger partial charge is 0.341 e. The van der Waals surface area contributed by atoms with Crippen molar-refractivity contribution in [1.29, 1.82) is 0 Å². The van der Waals surface area contributed by atoms with Crippen molar-refractivity contribution in [3.8, 4) is 11.4 Å². The Hall–Kier alpha value is -4.17. The molecule has 2 atom stereocenters. The van der Waals surface area contributed by atoms with Gasteiger partial charge in [0.2, 0.25) is 0 Å². The van der Waals surface area contributed by atoms with Crippen molar-refractivity contribution in [3.63, 3.8) is 0 Å². The molecule has 7 nitrogen and oxygen atoms in total. The number of hydrogen-bond donors (Lipinski definition) is 2. The van der Waals surface area contributed by atoms with Crippen molar-refractivity contribution >= 4 is 28.9 Å². The van der Waals surface area contributed by atoms with Crippen molar-refractivity contribution in [3.05, 3.63) is 105 Å². The number of carboxylic acid groups (broad SMARTS) is 1. The first-order chi connectivity index (χ1) is 18.0. The summed E-state index contributed by atoms with van der Waals surface area (Å²) in [5.74, 6) is 0.313. The minimum atomic E-state index is -1.03. The van der Waals surface area contributed by atoms with E-state index >= 15 is 0 Å². The van der Waals surface area contributed by atoms with Crippen LogP contribution < -0.4 is 10.1 Å². The molecule has 0 amide bonds. The number of carboxylic acids is 1. The van der Waals surface area contributed by atoms with Gasteiger partial charge in [-0.1, -0.05) is 36.4 Å². The molecule has 0 spiro atoms. The van der Waals surface area contributed by atoms with Crippen LogP contribution in [0.3, 0.4) is 0 Å². The number of allylic oxidation sites excluding steroid dienone is 2. The number of para-hydroxylation sites is 1. The number of aryl methyl sites for hydroxylation is 1. The molecule has 0 radical (unpaired) electrons. The van der Waals surface area contributed by atoms with Gasteiger partial charge < -0.3 is 15.2 Å². The number of fused-ring (bicyclic) bond motifs is 1. The number of anilines is 1. The van der Waals surface area contributed by atoms with E-state index in [0.717, 1.165) is 46.0 Å². The second-order valence-electron chi connectivity index (χ2n) is 9.34. The largest absolute Gasteiger partial charge is 0.482 e. The normalized spacial score (nSPS) is 18.7. The van der Waals surface area contributed by atoms with E-state index in [4.69, 9.17) is 14.9 Å². The highest BCUT2D eigenvalue weighted by Crippen LogP contribution is 2.50. The first-order valence-electron chi connectivity index (χ1n) is 12.2. The molecular weight excluding hydrogens is 486 g/mol. The van der Waals surface area contributed by atoms with Gasteiger partial charge in [0.1, 0.15) is 11.6 Å². The number of carbonyl (C=O) groups is 2. The molecule has 0 fully saturated rings. The summed E-state index contributed by atoms with van der Waals surface area (Å²) in [6.45, 7) is 1.57. The quantitative estimate of drug-likeness (QED) is 0.347. The Balaban J connectivity index is 1.47. The number of aliphatic carboxylic acids is 1. The monoisotopic (exact) mass is 511 g/mol. The molecule has 4 aromatic rings. The topological polar surface area (TPSA) is 93.5 Å². The first kappa shape index (κ1) is 23.2. The maximum atomic E-state index is 13.7. The van der Waals surface area contributed by atoms with Crippen molar-refractivity contribution in [2.45, 2.75) is 31.6 Å². The number of benzene rings is 2. The molecule has 8 heteroatoms. The number of rotatable bonds is 6. The van der Waals surface area contributed by atoms with Crippen LogP contribution in [0.15, 0.2) is 83.4 Å². The number of aromatic nitrogens is 2. The van der Waals surface area contributed by atoms with Crippen LogP contribution in [-0.4, -0.2) is 33.2 Å². The Morgan fingerprint density at radius 1 is 1.11 bits per heavy atom. The standard InChI is InChI=1S/C29H25N3O4S/c1-17-26-27(18-9-11-21(12-10-18)36-16-25(34)35)28-22(14-19(15-23(28)33)24-8-5-13-37-24)30-29(26)32(31-17)20-6-3-2-4-7-20/h2-13,19,27,30H,14-16H2,1H3,(H,34,35). The van der Waals surface area contributed by atoms with Crippen LogP contribution in [0.4, 0.5) is 5.82 Å². The minimum Gasteiger partial charge on any atom is -0.482 e. The summed E-state index contributed by atoms with van der Waals surface area (Å²) in [4.78, 5) is 25.9. The second kappa shape index (κ2) is 9.37. The summed E-state index contributed by atoms with van der Waals surface area (Å²) in [7, 11) is 0. The van der Waals surface area contributed by atoms with Crippen LogP contribution in [0.1, 0.15) is 46.4 Å². The van der Waals surface area contributed by atoms with Crippen molar-refractivity contribution in [1.82, 2.24) is 9.78 Å². The van der Waals surface area contributed by atoms with E-state index in [-0.39, 0.29) is 17.6 Å². The molecule has 0 bridgehead atoms. The predicted molar refractivity (Wildman–Crippen MR) is 142 cm³/mol. The third-order valence-corrected chi connectivity index (χ3v) is 8.02. The number of nitrogens with one attached hydrogen (secondary N) is 1. The van der Waals surface area contributed by atoms with Gasteiger partial charge in [0.15, 0.2) is 12.4 Å². The van der Waals surface area contributed by atoms with E-state index in [2.05, 4.69) is 16.8 Å². The van der Waals surface area contributed by atoms with Crippen LogP contribution in [0.25, 0.3) is 5.69 Å². The zero-order valence-electron chi connectivity index (χ0n) is 20.2. The summed E-state index contributed by atoms with van der Waals surface area (Å²) in [6, 6.07) is 21.5. The Labute approximate surface area is 218 Å². The fourth-order valence-corrected chi connectivity index (χ4v) is 6.22. The van der Waals surface area contributed by atoms with Crippen LogP contribution in [0, 0.1) is 6.92 Å². The summed E-state index contributed by atoms with van der Waals surface area (Å²) in [5, 5.41) is 19.5. The van der Waals surface area contributed by atoms with Crippen LogP contribution in [0.2, 0.25) is 0 Å². The number of hydrogen-bond acceptors (Lipinski definition) is 6. The number of carbonyl (C=O) groups excluding carboxylic acids is 1. The first-order valence-corrected chi connectivity index (χ1v) is 13.0. The molecule has 186 valence electrons. The summed E-state index contributed by atoms with van der Waals surface area (Å²) in [5.41, 5.74) is 5.44. The third kappa shape index (κ3) is 4.23. The highest BCUT2D eigenvalue weighted by molar-refractivity contribution is 7.10. The molecule has 3 heterocycles. The van der Waals surface area contributed by atoms with Crippen LogP contribution >= 0.6 is 11.3 Å². The molecule has 0 saturated heterocycles. The van der Waals surface area contributed by atoms with Gasteiger partial charge in [-0.05, 0) is 54.6 Å². The molecule has 2 aromatic carbocycles. The number of thiophene rings is 1. The Morgan fingerprint density at radius 2 is 1.89 bits per heavy atom. The lowest BCUT2D eigenvalue weighted by Crippen LogP contribution is -2.30. The van der Waals surface area contributed by atoms with E-state index in [1.54, 1.807) is 23.5 Å². The lowest BCUT2D eigenvalue weighted by molar-refractivity contribution is -0.139. The maximum absolute atomic E-state index is 13.7. The Morgan fingerprint density at radius 3 is 2.59 bits per heavy atom. The minimum absolute atomic E-state index is 0.140. The van der Waals surface area contributed by atoms with Gasteiger partial charge in [-0.25, -0.2) is 9.48 Å². The second-order valence-corrected chi connectivity index (χ2v) is 10.3. The van der Waals surface area contributed by atoms with E-state index in [9.17, 15) is 9.59 Å². The van der Waals surface area contributed by atoms with Gasteiger partial charge in [0.25, 0.3) is 0 Å². The van der Waals surface area contributed by atoms with Crippen molar-refractivity contribution in [2.75, 3.05) is 11.9 Å². The van der Waals surface area contributed by atoms with Crippen LogP contribution in [-0.2, 0) is 9.59 Å². The van der Waals surface area contributed by atoms with Gasteiger partial charge >= 0.3 is 5.97 Å². The highest BCUT2D eigenvalue weighted by Gasteiger charge is 2.41. The molecule has 37 heavy (non-hydrogen) atoms. The average molecular weight is 512 g/mol. The zero-order valence-corrected chi connectivity index (χ0v) is 21.0. The lowest BCUT2D eigenvalue weighted by Gasteiger charge is -2.35. The molecule has 1 aliphatic carbocycles. The fourth-order valence-electron chi connectivity index (χ4n) is 5.39. The van der Waals surface area contributed by atoms with E-state index in [0.29, 0.717) is 12.2 Å². The maximum Gasteiger partial charge on any atom is 0.341 e. The molecule has 2 aromatic heterocycles. The SMILES string of the molecule is Cc1nn(-c2ccccc2)c2c1C(c1ccc(OCC(=O)O)cc1)C1=C(CC(c3cccs3)CC1=O)N2. The Bertz CT molecular complexity index is 1500. The number of ether oxygens (including phenoxy) is 1. The van der Waals surface area contributed by atoms with Gasteiger partial charge in [-0.2, -0.15) is 5.10 Å². The van der Waals surface area contributed by atoms with E-state index < -0.39 is 12.6 Å². The molecule has 6 rings (SSSR count). The summed E-state index contributed by atoms with van der Waals surface area (Å²) >= 11 is 1.69. The third-order valence-electron chi connectivity index (χ3n) is 6.98. The summed E-state index contributed by atoms with van der Waals surface area (Å²) in [6.07, 6.45) is 1.22. The molecular formula is C29H25N3O4S. The highest BCUT2D eigenvalue weighted by atomic mass is 32.1. The Kier molecular flexibility index (Phi) is 5.88. The van der Waals surface area contributed by atoms with Crippen molar-refractivity contribution in [2.24, 2.45) is 0 Å². The van der Waals surface area contributed by atoms with E-state index in [1.165, 1.54) is 4.88 Å². The molecule has 1 aliphatic heterocycles. The average Bonchev–Trinajstić information content (AvgIpc) is 3.56. The number of ketones is 1. The van der Waals surface area contributed by atoms with Gasteiger partial charge in [-0.3, -0.25) is 4.79 Å². The molecule has 2 aliphatic rings. The molecule has 0 saturated carbocycles. The predicted octanol–water partition coefficient (Wildman–Crippen LogP) is 5.66. The zero-order chi connectivity index (χ0) is 25.5. The van der Waals surface area contributed by atoms with Gasteiger partial charge in [0.05, 0.1) is 11.4 Å². The van der Waals surface area contributed by atoms with Gasteiger partial charge in [-0.15, -0.1) is 11.3 Å². The molecule has 2 N–H and O–H groups in total. The van der Waals surface area contributed by atoms with E-state index in [1.807, 2.05) is 60.1 Å². The summed E-state index contributed by atoms with van der Waals surface area (Å²) < 4.78 is 7.26. The number of nitrogens with zero attached hydrogens (tertiary/aromatic N) is 2. The van der Waals surface area contributed by atoms with Gasteiger partial charge in [0, 0.05) is 40.0 Å². The lowest BCUT2D eigenvalue weighted by atomic mass is 9.73. The fraction of sp³-hybridized carbons (Fsp3) is 0.207. The van der Waals surface area contributed by atoms with Crippen LogP contribution in [0.5, 0.6) is 5.75 Å².